The number of aromatic nitrogens is 1. The highest BCUT2D eigenvalue weighted by Crippen LogP contribution is 2.20. The molecule has 0 unspecified atom stereocenters. The van der Waals surface area contributed by atoms with Crippen molar-refractivity contribution in [3.8, 4) is 0 Å². The molecular formula is C20H22FN3O. The number of halogens is 1. The van der Waals surface area contributed by atoms with Gasteiger partial charge in [-0.25, -0.2) is 4.39 Å². The van der Waals surface area contributed by atoms with E-state index in [1.165, 1.54) is 12.1 Å². The predicted octanol–water partition coefficient (Wildman–Crippen LogP) is 3.27. The number of rotatable bonds is 6. The Morgan fingerprint density at radius 3 is 2.68 bits per heavy atom. The Morgan fingerprint density at radius 2 is 1.96 bits per heavy atom. The molecule has 25 heavy (non-hydrogen) atoms. The van der Waals surface area contributed by atoms with Crippen molar-refractivity contribution in [2.45, 2.75) is 12.5 Å². The van der Waals surface area contributed by atoms with E-state index in [4.69, 9.17) is 0 Å². The molecule has 3 rings (SSSR count). The van der Waals surface area contributed by atoms with Crippen LogP contribution in [0.4, 0.5) is 4.39 Å². The Morgan fingerprint density at radius 1 is 1.20 bits per heavy atom. The third kappa shape index (κ3) is 3.88. The van der Waals surface area contributed by atoms with Gasteiger partial charge in [-0.3, -0.25) is 9.69 Å². The topological polar surface area (TPSA) is 48.1 Å². The third-order valence-corrected chi connectivity index (χ3v) is 4.30. The molecule has 2 aromatic carbocycles. The number of benzene rings is 2. The molecule has 3 aromatic rings. The maximum Gasteiger partial charge on any atom is 0.241 e. The van der Waals surface area contributed by atoms with E-state index in [9.17, 15) is 9.18 Å². The molecule has 1 atom stereocenters. The summed E-state index contributed by atoms with van der Waals surface area (Å²) in [5.74, 6) is -0.284. The smallest absolute Gasteiger partial charge is 0.241 e. The lowest BCUT2D eigenvalue weighted by Gasteiger charge is -2.23. The van der Waals surface area contributed by atoms with Gasteiger partial charge < -0.3 is 10.3 Å². The van der Waals surface area contributed by atoms with Crippen molar-refractivity contribution in [1.82, 2.24) is 15.2 Å². The van der Waals surface area contributed by atoms with E-state index in [-0.39, 0.29) is 17.8 Å². The van der Waals surface area contributed by atoms with E-state index < -0.39 is 0 Å². The second kappa shape index (κ2) is 7.49. The molecule has 1 aromatic heterocycles. The minimum absolute atomic E-state index is 0.0258. The lowest BCUT2D eigenvalue weighted by molar-refractivity contribution is -0.125. The maximum absolute atomic E-state index is 13.2. The molecule has 130 valence electrons. The van der Waals surface area contributed by atoms with Gasteiger partial charge in [-0.1, -0.05) is 30.3 Å². The summed E-state index contributed by atoms with van der Waals surface area (Å²) in [6.45, 7) is 0.528. The second-order valence-corrected chi connectivity index (χ2v) is 6.32. The van der Waals surface area contributed by atoms with Gasteiger partial charge in [-0.2, -0.15) is 0 Å². The van der Waals surface area contributed by atoms with E-state index in [2.05, 4.69) is 10.3 Å². The average Bonchev–Trinajstić information content (AvgIpc) is 2.98. The summed E-state index contributed by atoms with van der Waals surface area (Å²) in [5, 5.41) is 4.00. The number of hydrogen-bond acceptors (Lipinski definition) is 2. The van der Waals surface area contributed by atoms with E-state index in [1.54, 1.807) is 6.07 Å². The number of H-pyrrole nitrogens is 1. The van der Waals surface area contributed by atoms with E-state index in [0.29, 0.717) is 13.0 Å². The Kier molecular flexibility index (Phi) is 5.14. The minimum Gasteiger partial charge on any atom is -0.361 e. The van der Waals surface area contributed by atoms with Gasteiger partial charge in [0.15, 0.2) is 0 Å². The van der Waals surface area contributed by atoms with Crippen LogP contribution in [0, 0.1) is 5.82 Å². The first kappa shape index (κ1) is 17.2. The number of aromatic amines is 1. The highest BCUT2D eigenvalue weighted by molar-refractivity contribution is 5.84. The molecule has 0 aliphatic heterocycles. The SMILES string of the molecule is CN(C)[C@H](C(=O)NCCc1c[nH]c2cc(F)ccc12)c1ccccc1. The number of carbonyl (C=O) groups excluding carboxylic acids is 1. The first-order valence-corrected chi connectivity index (χ1v) is 8.31. The Labute approximate surface area is 146 Å². The highest BCUT2D eigenvalue weighted by atomic mass is 19.1. The fourth-order valence-corrected chi connectivity index (χ4v) is 3.10. The summed E-state index contributed by atoms with van der Waals surface area (Å²) >= 11 is 0. The molecule has 1 heterocycles. The molecule has 0 fully saturated rings. The van der Waals surface area contributed by atoms with Crippen LogP contribution in [0.5, 0.6) is 0 Å². The number of likely N-dealkylation sites (N-methyl/N-ethyl adjacent to an activating group) is 1. The van der Waals surface area contributed by atoms with Gasteiger partial charge in [0.1, 0.15) is 11.9 Å². The van der Waals surface area contributed by atoms with Crippen LogP contribution < -0.4 is 5.32 Å². The Balaban J connectivity index is 1.65. The molecule has 0 saturated heterocycles. The van der Waals surface area contributed by atoms with Crippen molar-refractivity contribution in [2.24, 2.45) is 0 Å². The first-order valence-electron chi connectivity index (χ1n) is 8.31. The quantitative estimate of drug-likeness (QED) is 0.724. The number of hydrogen-bond donors (Lipinski definition) is 2. The highest BCUT2D eigenvalue weighted by Gasteiger charge is 2.22. The molecule has 2 N–H and O–H groups in total. The third-order valence-electron chi connectivity index (χ3n) is 4.30. The van der Waals surface area contributed by atoms with Gasteiger partial charge in [-0.15, -0.1) is 0 Å². The Hall–Kier alpha value is -2.66. The van der Waals surface area contributed by atoms with Crippen LogP contribution in [0.1, 0.15) is 17.2 Å². The summed E-state index contributed by atoms with van der Waals surface area (Å²) in [5.41, 5.74) is 2.81. The molecule has 0 spiro atoms. The monoisotopic (exact) mass is 339 g/mol. The fourth-order valence-electron chi connectivity index (χ4n) is 3.10. The summed E-state index contributed by atoms with van der Waals surface area (Å²) < 4.78 is 13.2. The van der Waals surface area contributed by atoms with Crippen LogP contribution in [-0.4, -0.2) is 36.4 Å². The van der Waals surface area contributed by atoms with Gasteiger partial charge in [0, 0.05) is 23.6 Å². The van der Waals surface area contributed by atoms with Crippen molar-refractivity contribution in [1.29, 1.82) is 0 Å². The predicted molar refractivity (Wildman–Crippen MR) is 97.8 cm³/mol. The van der Waals surface area contributed by atoms with Crippen molar-refractivity contribution in [2.75, 3.05) is 20.6 Å². The summed E-state index contributed by atoms with van der Waals surface area (Å²) in [4.78, 5) is 17.6. The lowest BCUT2D eigenvalue weighted by Crippen LogP contribution is -2.37. The van der Waals surface area contributed by atoms with Gasteiger partial charge in [0.25, 0.3) is 0 Å². The van der Waals surface area contributed by atoms with Crippen LogP contribution in [0.25, 0.3) is 10.9 Å². The lowest BCUT2D eigenvalue weighted by atomic mass is 10.1. The van der Waals surface area contributed by atoms with Gasteiger partial charge in [0.05, 0.1) is 0 Å². The number of nitrogens with one attached hydrogen (secondary N) is 2. The number of amides is 1. The molecule has 0 radical (unpaired) electrons. The molecule has 1 amide bonds. The van der Waals surface area contributed by atoms with Gasteiger partial charge in [-0.05, 0) is 49.8 Å². The standard InChI is InChI=1S/C20H22FN3O/c1-24(2)19(14-6-4-3-5-7-14)20(25)22-11-10-15-13-23-18-12-16(21)8-9-17(15)18/h3-9,12-13,19,23H,10-11H2,1-2H3,(H,22,25)/t19-/m0/s1. The summed E-state index contributed by atoms with van der Waals surface area (Å²) in [6.07, 6.45) is 2.56. The number of fused-ring (bicyclic) bond motifs is 1. The van der Waals surface area contributed by atoms with Gasteiger partial charge in [0.2, 0.25) is 5.91 Å². The van der Waals surface area contributed by atoms with E-state index >= 15 is 0 Å². The zero-order valence-corrected chi connectivity index (χ0v) is 14.4. The fraction of sp³-hybridized carbons (Fsp3) is 0.250. The average molecular weight is 339 g/mol. The van der Waals surface area contributed by atoms with Crippen LogP contribution in [0.15, 0.2) is 54.7 Å². The van der Waals surface area contributed by atoms with Crippen LogP contribution in [0.2, 0.25) is 0 Å². The van der Waals surface area contributed by atoms with Gasteiger partial charge >= 0.3 is 0 Å². The number of carbonyl (C=O) groups is 1. The molecule has 0 bridgehead atoms. The Bertz CT molecular complexity index is 858. The zero-order chi connectivity index (χ0) is 17.8. The molecule has 0 aliphatic carbocycles. The van der Waals surface area contributed by atoms with E-state index in [1.807, 2.05) is 55.5 Å². The van der Waals surface area contributed by atoms with Crippen molar-refractivity contribution in [3.05, 3.63) is 71.7 Å². The second-order valence-electron chi connectivity index (χ2n) is 6.32. The number of nitrogens with zero attached hydrogens (tertiary/aromatic N) is 1. The molecule has 4 nitrogen and oxygen atoms in total. The first-order chi connectivity index (χ1) is 12.1. The zero-order valence-electron chi connectivity index (χ0n) is 14.4. The molecule has 0 saturated carbocycles. The van der Waals surface area contributed by atoms with Crippen LogP contribution >= 0.6 is 0 Å². The summed E-state index contributed by atoms with van der Waals surface area (Å²) in [6, 6.07) is 14.1. The normalized spacial score (nSPS) is 12.5. The maximum atomic E-state index is 13.2. The van der Waals surface area contributed by atoms with Crippen LogP contribution in [-0.2, 0) is 11.2 Å². The largest absolute Gasteiger partial charge is 0.361 e. The molecular weight excluding hydrogens is 317 g/mol. The minimum atomic E-state index is -0.321. The van der Waals surface area contributed by atoms with Crippen LogP contribution in [0.3, 0.4) is 0 Å². The van der Waals surface area contributed by atoms with Crippen molar-refractivity contribution in [3.63, 3.8) is 0 Å². The molecule has 0 aliphatic rings. The van der Waals surface area contributed by atoms with Crippen molar-refractivity contribution >= 4 is 16.8 Å². The van der Waals surface area contributed by atoms with Crippen molar-refractivity contribution < 1.29 is 9.18 Å². The molecule has 5 heteroatoms. The summed E-state index contributed by atoms with van der Waals surface area (Å²) in [7, 11) is 3.79. The van der Waals surface area contributed by atoms with E-state index in [0.717, 1.165) is 22.0 Å².